The van der Waals surface area contributed by atoms with E-state index in [0.29, 0.717) is 5.56 Å². The summed E-state index contributed by atoms with van der Waals surface area (Å²) in [4.78, 5) is 21.7. The van der Waals surface area contributed by atoms with E-state index in [4.69, 9.17) is 5.73 Å². The number of amides is 2. The second-order valence-electron chi connectivity index (χ2n) is 3.37. The molecule has 7 heteroatoms. The van der Waals surface area contributed by atoms with Crippen LogP contribution < -0.4 is 11.1 Å². The Morgan fingerprint density at radius 3 is 2.35 bits per heavy atom. The molecule has 0 aliphatic rings. The SMILES string of the molecule is Cc1ccc(C(N)=O)c(NC(=O)C(F)(F)F)c1. The van der Waals surface area contributed by atoms with Crippen LogP contribution in [0.1, 0.15) is 15.9 Å². The van der Waals surface area contributed by atoms with Crippen LogP contribution in [0, 0.1) is 6.92 Å². The number of anilines is 1. The van der Waals surface area contributed by atoms with Gasteiger partial charge in [0.2, 0.25) is 0 Å². The largest absolute Gasteiger partial charge is 0.471 e. The topological polar surface area (TPSA) is 72.2 Å². The summed E-state index contributed by atoms with van der Waals surface area (Å²) in [7, 11) is 0. The van der Waals surface area contributed by atoms with Crippen molar-refractivity contribution in [2.75, 3.05) is 5.32 Å². The highest BCUT2D eigenvalue weighted by molar-refractivity contribution is 6.04. The zero-order valence-electron chi connectivity index (χ0n) is 8.76. The van der Waals surface area contributed by atoms with Gasteiger partial charge in [0.15, 0.2) is 0 Å². The smallest absolute Gasteiger partial charge is 0.366 e. The first-order valence-electron chi connectivity index (χ1n) is 4.50. The maximum Gasteiger partial charge on any atom is 0.471 e. The van der Waals surface area contributed by atoms with Crippen molar-refractivity contribution >= 4 is 17.5 Å². The van der Waals surface area contributed by atoms with Crippen LogP contribution in [0.25, 0.3) is 0 Å². The van der Waals surface area contributed by atoms with E-state index in [-0.39, 0.29) is 11.3 Å². The molecule has 2 amide bonds. The van der Waals surface area contributed by atoms with Crippen LogP contribution in [0.5, 0.6) is 0 Å². The Kier molecular flexibility index (Phi) is 3.40. The fourth-order valence-electron chi connectivity index (χ4n) is 1.17. The molecule has 0 fully saturated rings. The third kappa shape index (κ3) is 3.20. The van der Waals surface area contributed by atoms with Crippen LogP contribution in [0.3, 0.4) is 0 Å². The van der Waals surface area contributed by atoms with E-state index < -0.39 is 18.0 Å². The number of alkyl halides is 3. The van der Waals surface area contributed by atoms with Gasteiger partial charge in [-0.2, -0.15) is 13.2 Å². The molecule has 1 rings (SSSR count). The standard InChI is InChI=1S/C10H9F3N2O2/c1-5-2-3-6(8(14)16)7(4-5)15-9(17)10(11,12)13/h2-4H,1H3,(H2,14,16)(H,15,17). The molecule has 0 aliphatic heterocycles. The van der Waals surface area contributed by atoms with Gasteiger partial charge in [-0.25, -0.2) is 0 Å². The summed E-state index contributed by atoms with van der Waals surface area (Å²) in [5.74, 6) is -3.06. The van der Waals surface area contributed by atoms with Crippen LogP contribution in [-0.2, 0) is 4.79 Å². The van der Waals surface area contributed by atoms with Crippen molar-refractivity contribution in [3.8, 4) is 0 Å². The van der Waals surface area contributed by atoms with Crippen LogP contribution in [0.4, 0.5) is 18.9 Å². The summed E-state index contributed by atoms with van der Waals surface area (Å²) in [5.41, 5.74) is 5.15. The minimum absolute atomic E-state index is 0.173. The lowest BCUT2D eigenvalue weighted by Crippen LogP contribution is -2.31. The van der Waals surface area contributed by atoms with Gasteiger partial charge in [0.1, 0.15) is 0 Å². The van der Waals surface area contributed by atoms with E-state index >= 15 is 0 Å². The van der Waals surface area contributed by atoms with Crippen molar-refractivity contribution < 1.29 is 22.8 Å². The van der Waals surface area contributed by atoms with E-state index in [1.54, 1.807) is 12.2 Å². The van der Waals surface area contributed by atoms with E-state index in [0.717, 1.165) is 0 Å². The molecule has 4 nitrogen and oxygen atoms in total. The molecule has 0 saturated carbocycles. The quantitative estimate of drug-likeness (QED) is 0.831. The minimum atomic E-state index is -5.02. The molecule has 3 N–H and O–H groups in total. The summed E-state index contributed by atoms with van der Waals surface area (Å²) >= 11 is 0. The number of primary amides is 1. The molecule has 1 aromatic rings. The number of rotatable bonds is 2. The van der Waals surface area contributed by atoms with Crippen LogP contribution in [0.2, 0.25) is 0 Å². The molecule has 92 valence electrons. The van der Waals surface area contributed by atoms with Crippen molar-refractivity contribution in [3.05, 3.63) is 29.3 Å². The zero-order chi connectivity index (χ0) is 13.2. The number of halogens is 3. The Balaban J connectivity index is 3.09. The van der Waals surface area contributed by atoms with Gasteiger partial charge in [-0.1, -0.05) is 6.07 Å². The van der Waals surface area contributed by atoms with Crippen molar-refractivity contribution in [2.24, 2.45) is 5.73 Å². The maximum atomic E-state index is 12.0. The average Bonchev–Trinajstić information content (AvgIpc) is 2.15. The van der Waals surface area contributed by atoms with E-state index in [1.165, 1.54) is 18.2 Å². The molecule has 17 heavy (non-hydrogen) atoms. The van der Waals surface area contributed by atoms with E-state index in [1.807, 2.05) is 0 Å². The Morgan fingerprint density at radius 1 is 1.29 bits per heavy atom. The van der Waals surface area contributed by atoms with Gasteiger partial charge in [-0.3, -0.25) is 9.59 Å². The Morgan fingerprint density at radius 2 is 1.88 bits per heavy atom. The molecular formula is C10H9F3N2O2. The summed E-state index contributed by atoms with van der Waals surface area (Å²) in [5, 5.41) is 1.61. The number of hydrogen-bond donors (Lipinski definition) is 2. The van der Waals surface area contributed by atoms with Crippen LogP contribution in [0.15, 0.2) is 18.2 Å². The third-order valence-corrected chi connectivity index (χ3v) is 1.95. The molecule has 0 atom stereocenters. The lowest BCUT2D eigenvalue weighted by molar-refractivity contribution is -0.167. The molecule has 1 aromatic carbocycles. The highest BCUT2D eigenvalue weighted by Crippen LogP contribution is 2.21. The number of aryl methyl sites for hydroxylation is 1. The predicted octanol–water partition coefficient (Wildman–Crippen LogP) is 1.59. The molecule has 0 heterocycles. The summed E-state index contributed by atoms with van der Waals surface area (Å²) < 4.78 is 36.1. The Hall–Kier alpha value is -2.05. The summed E-state index contributed by atoms with van der Waals surface area (Å²) in [6.07, 6.45) is -5.02. The summed E-state index contributed by atoms with van der Waals surface area (Å²) in [6.45, 7) is 1.61. The molecule has 0 aromatic heterocycles. The number of carbonyl (C=O) groups excluding carboxylic acids is 2. The molecule has 0 radical (unpaired) electrons. The Labute approximate surface area is 94.6 Å². The van der Waals surface area contributed by atoms with Gasteiger partial charge >= 0.3 is 12.1 Å². The van der Waals surface area contributed by atoms with Gasteiger partial charge in [-0.05, 0) is 24.6 Å². The number of hydrogen-bond acceptors (Lipinski definition) is 2. The zero-order valence-corrected chi connectivity index (χ0v) is 8.76. The normalized spacial score (nSPS) is 11.1. The monoisotopic (exact) mass is 246 g/mol. The van der Waals surface area contributed by atoms with Crippen molar-refractivity contribution in [2.45, 2.75) is 13.1 Å². The fraction of sp³-hybridized carbons (Fsp3) is 0.200. The predicted molar refractivity (Wildman–Crippen MR) is 54.4 cm³/mol. The molecular weight excluding hydrogens is 237 g/mol. The molecule has 0 aliphatic carbocycles. The van der Waals surface area contributed by atoms with Gasteiger partial charge < -0.3 is 11.1 Å². The second-order valence-corrected chi connectivity index (χ2v) is 3.37. The van der Waals surface area contributed by atoms with Crippen LogP contribution in [-0.4, -0.2) is 18.0 Å². The fourth-order valence-corrected chi connectivity index (χ4v) is 1.17. The summed E-state index contributed by atoms with van der Waals surface area (Å²) in [6, 6.07) is 4.00. The van der Waals surface area contributed by atoms with Crippen molar-refractivity contribution in [1.29, 1.82) is 0 Å². The Bertz CT molecular complexity index is 469. The number of nitrogens with two attached hydrogens (primary N) is 1. The van der Waals surface area contributed by atoms with Gasteiger partial charge in [-0.15, -0.1) is 0 Å². The third-order valence-electron chi connectivity index (χ3n) is 1.95. The number of carbonyl (C=O) groups is 2. The highest BCUT2D eigenvalue weighted by Gasteiger charge is 2.39. The minimum Gasteiger partial charge on any atom is -0.366 e. The lowest BCUT2D eigenvalue weighted by Gasteiger charge is -2.11. The van der Waals surface area contributed by atoms with E-state index in [9.17, 15) is 22.8 Å². The molecule has 0 bridgehead atoms. The van der Waals surface area contributed by atoms with Gasteiger partial charge in [0.25, 0.3) is 5.91 Å². The van der Waals surface area contributed by atoms with E-state index in [2.05, 4.69) is 0 Å². The van der Waals surface area contributed by atoms with Gasteiger partial charge in [0.05, 0.1) is 11.3 Å². The first kappa shape index (κ1) is 13.0. The number of benzene rings is 1. The molecule has 0 unspecified atom stereocenters. The average molecular weight is 246 g/mol. The van der Waals surface area contributed by atoms with Crippen molar-refractivity contribution in [1.82, 2.24) is 0 Å². The highest BCUT2D eigenvalue weighted by atomic mass is 19.4. The lowest BCUT2D eigenvalue weighted by atomic mass is 10.1. The van der Waals surface area contributed by atoms with Crippen molar-refractivity contribution in [3.63, 3.8) is 0 Å². The molecule has 0 spiro atoms. The van der Waals surface area contributed by atoms with Gasteiger partial charge in [0, 0.05) is 0 Å². The second kappa shape index (κ2) is 4.44. The first-order valence-corrected chi connectivity index (χ1v) is 4.50. The molecule has 0 saturated heterocycles. The maximum absolute atomic E-state index is 12.0. The van der Waals surface area contributed by atoms with Crippen LogP contribution >= 0.6 is 0 Å². The number of nitrogens with one attached hydrogen (secondary N) is 1. The first-order chi connectivity index (χ1) is 7.71.